The molecule has 0 bridgehead atoms. The maximum atomic E-state index is 12.5. The fourth-order valence-corrected chi connectivity index (χ4v) is 2.47. The molecule has 1 N–H and O–H groups in total. The molecule has 2 rings (SSSR count). The van der Waals surface area contributed by atoms with Crippen LogP contribution in [0, 0.1) is 0 Å². The molecule has 0 heterocycles. The van der Waals surface area contributed by atoms with Crippen molar-refractivity contribution in [1.82, 2.24) is 0 Å². The highest BCUT2D eigenvalue weighted by Crippen LogP contribution is 2.29. The van der Waals surface area contributed by atoms with E-state index in [1.807, 2.05) is 0 Å². The second kappa shape index (κ2) is 7.92. The standard InChI is InChI=1S/C18H17F3O4/c1-2-24-16-13(7-5-8-14(16)17(22)23)11-10-12-6-3-4-9-15(12)25-18(19,20)21/h3-9H,2,10-11H2,1H3,(H,22,23). The number of carbonyl (C=O) groups is 1. The maximum absolute atomic E-state index is 12.5. The van der Waals surface area contributed by atoms with Crippen molar-refractivity contribution < 1.29 is 32.5 Å². The number of alkyl halides is 3. The molecule has 0 fully saturated rings. The number of hydrogen-bond acceptors (Lipinski definition) is 3. The molecule has 0 radical (unpaired) electrons. The fourth-order valence-electron chi connectivity index (χ4n) is 2.47. The number of carboxylic acid groups (broad SMARTS) is 1. The van der Waals surface area contributed by atoms with E-state index in [0.717, 1.165) is 0 Å². The summed E-state index contributed by atoms with van der Waals surface area (Å²) in [7, 11) is 0. The molecule has 25 heavy (non-hydrogen) atoms. The number of benzene rings is 2. The molecule has 0 atom stereocenters. The van der Waals surface area contributed by atoms with Crippen LogP contribution >= 0.6 is 0 Å². The Morgan fingerprint density at radius 3 is 2.32 bits per heavy atom. The highest BCUT2D eigenvalue weighted by atomic mass is 19.4. The van der Waals surface area contributed by atoms with Crippen molar-refractivity contribution in [2.24, 2.45) is 0 Å². The molecule has 0 spiro atoms. The van der Waals surface area contributed by atoms with Crippen LogP contribution in [0.1, 0.15) is 28.4 Å². The molecule has 2 aromatic carbocycles. The first-order valence-corrected chi connectivity index (χ1v) is 7.63. The molecule has 0 saturated carbocycles. The third-order valence-electron chi connectivity index (χ3n) is 3.48. The van der Waals surface area contributed by atoms with E-state index in [9.17, 15) is 23.1 Å². The zero-order chi connectivity index (χ0) is 18.4. The summed E-state index contributed by atoms with van der Waals surface area (Å²) in [6, 6.07) is 10.6. The molecule has 0 amide bonds. The van der Waals surface area contributed by atoms with Crippen LogP contribution in [0.3, 0.4) is 0 Å². The van der Waals surface area contributed by atoms with Crippen LogP contribution < -0.4 is 9.47 Å². The first kappa shape index (κ1) is 18.6. The van der Waals surface area contributed by atoms with Crippen molar-refractivity contribution in [3.05, 3.63) is 59.2 Å². The highest BCUT2D eigenvalue weighted by molar-refractivity contribution is 5.91. The van der Waals surface area contributed by atoms with Gasteiger partial charge in [0.25, 0.3) is 0 Å². The summed E-state index contributed by atoms with van der Waals surface area (Å²) < 4.78 is 46.9. The van der Waals surface area contributed by atoms with Crippen LogP contribution in [0.4, 0.5) is 13.2 Å². The Morgan fingerprint density at radius 2 is 1.68 bits per heavy atom. The van der Waals surface area contributed by atoms with Gasteiger partial charge >= 0.3 is 12.3 Å². The largest absolute Gasteiger partial charge is 0.573 e. The first-order chi connectivity index (χ1) is 11.8. The van der Waals surface area contributed by atoms with E-state index in [2.05, 4.69) is 4.74 Å². The molecule has 0 aliphatic rings. The Kier molecular flexibility index (Phi) is 5.90. The Morgan fingerprint density at radius 1 is 1.04 bits per heavy atom. The smallest absolute Gasteiger partial charge is 0.493 e. The van der Waals surface area contributed by atoms with Crippen molar-refractivity contribution in [1.29, 1.82) is 0 Å². The summed E-state index contributed by atoms with van der Waals surface area (Å²) >= 11 is 0. The third kappa shape index (κ3) is 5.14. The normalized spacial score (nSPS) is 11.2. The van der Waals surface area contributed by atoms with E-state index < -0.39 is 12.3 Å². The van der Waals surface area contributed by atoms with Gasteiger partial charge in [0.1, 0.15) is 17.1 Å². The average molecular weight is 354 g/mol. The molecule has 0 saturated heterocycles. The van der Waals surface area contributed by atoms with Gasteiger partial charge in [-0.05, 0) is 43.0 Å². The van der Waals surface area contributed by atoms with Crippen LogP contribution in [0.2, 0.25) is 0 Å². The lowest BCUT2D eigenvalue weighted by molar-refractivity contribution is -0.274. The lowest BCUT2D eigenvalue weighted by Crippen LogP contribution is -2.18. The number of rotatable bonds is 7. The van der Waals surface area contributed by atoms with Crippen molar-refractivity contribution in [2.45, 2.75) is 26.1 Å². The molecular formula is C18H17F3O4. The molecule has 0 aliphatic carbocycles. The van der Waals surface area contributed by atoms with Crippen LogP contribution in [0.15, 0.2) is 42.5 Å². The van der Waals surface area contributed by atoms with Gasteiger partial charge in [0.2, 0.25) is 0 Å². The van der Waals surface area contributed by atoms with Gasteiger partial charge in [-0.25, -0.2) is 4.79 Å². The number of ether oxygens (including phenoxy) is 2. The minimum atomic E-state index is -4.77. The molecule has 0 aromatic heterocycles. The maximum Gasteiger partial charge on any atom is 0.573 e. The summed E-state index contributed by atoms with van der Waals surface area (Å²) in [4.78, 5) is 11.3. The lowest BCUT2D eigenvalue weighted by atomic mass is 10.0. The Balaban J connectivity index is 2.25. The van der Waals surface area contributed by atoms with Crippen molar-refractivity contribution in [3.63, 3.8) is 0 Å². The van der Waals surface area contributed by atoms with Gasteiger partial charge in [0.05, 0.1) is 6.61 Å². The SMILES string of the molecule is CCOc1c(CCc2ccccc2OC(F)(F)F)cccc1C(=O)O. The Labute approximate surface area is 142 Å². The number of aromatic carboxylic acids is 1. The van der Waals surface area contributed by atoms with Crippen LogP contribution in [0.5, 0.6) is 11.5 Å². The van der Waals surface area contributed by atoms with E-state index in [4.69, 9.17) is 4.74 Å². The van der Waals surface area contributed by atoms with Gasteiger partial charge in [0, 0.05) is 0 Å². The zero-order valence-corrected chi connectivity index (χ0v) is 13.5. The van der Waals surface area contributed by atoms with Gasteiger partial charge < -0.3 is 14.6 Å². The van der Waals surface area contributed by atoms with Gasteiger partial charge in [-0.3, -0.25) is 0 Å². The van der Waals surface area contributed by atoms with E-state index in [0.29, 0.717) is 17.5 Å². The summed E-state index contributed by atoms with van der Waals surface area (Å²) in [6.45, 7) is 2.01. The molecule has 2 aromatic rings. The molecule has 7 heteroatoms. The molecule has 134 valence electrons. The van der Waals surface area contributed by atoms with Crippen LogP contribution in [0.25, 0.3) is 0 Å². The number of hydrogen-bond donors (Lipinski definition) is 1. The summed E-state index contributed by atoms with van der Waals surface area (Å²) in [5, 5.41) is 9.25. The number of aryl methyl sites for hydroxylation is 2. The molecule has 0 unspecified atom stereocenters. The van der Waals surface area contributed by atoms with E-state index in [-0.39, 0.29) is 30.1 Å². The molecular weight excluding hydrogens is 337 g/mol. The van der Waals surface area contributed by atoms with Gasteiger partial charge in [-0.2, -0.15) is 0 Å². The average Bonchev–Trinajstić information content (AvgIpc) is 2.53. The topological polar surface area (TPSA) is 55.8 Å². The minimum Gasteiger partial charge on any atom is -0.493 e. The first-order valence-electron chi connectivity index (χ1n) is 7.63. The van der Waals surface area contributed by atoms with Crippen molar-refractivity contribution in [2.75, 3.05) is 6.61 Å². The zero-order valence-electron chi connectivity index (χ0n) is 13.5. The summed E-state index contributed by atoms with van der Waals surface area (Å²) in [5.74, 6) is -1.14. The van der Waals surface area contributed by atoms with Crippen LogP contribution in [-0.4, -0.2) is 24.0 Å². The van der Waals surface area contributed by atoms with Crippen LogP contribution in [-0.2, 0) is 12.8 Å². The monoisotopic (exact) mass is 354 g/mol. The predicted molar refractivity (Wildman–Crippen MR) is 85.1 cm³/mol. The highest BCUT2D eigenvalue weighted by Gasteiger charge is 2.31. The van der Waals surface area contributed by atoms with E-state index in [1.165, 1.54) is 18.2 Å². The van der Waals surface area contributed by atoms with Gasteiger partial charge in [0.15, 0.2) is 0 Å². The number of para-hydroxylation sites is 2. The summed E-state index contributed by atoms with van der Waals surface area (Å²) in [5.41, 5.74) is 1.02. The second-order valence-electron chi connectivity index (χ2n) is 5.19. The van der Waals surface area contributed by atoms with Crippen molar-refractivity contribution in [3.8, 4) is 11.5 Å². The molecule has 0 aliphatic heterocycles. The predicted octanol–water partition coefficient (Wildman–Crippen LogP) is 4.47. The Hall–Kier alpha value is -2.70. The lowest BCUT2D eigenvalue weighted by Gasteiger charge is -2.15. The van der Waals surface area contributed by atoms with Gasteiger partial charge in [-0.15, -0.1) is 13.2 Å². The Bertz CT molecular complexity index is 741. The van der Waals surface area contributed by atoms with Gasteiger partial charge in [-0.1, -0.05) is 30.3 Å². The van der Waals surface area contributed by atoms with E-state index >= 15 is 0 Å². The molecule has 4 nitrogen and oxygen atoms in total. The summed E-state index contributed by atoms with van der Waals surface area (Å²) in [6.07, 6.45) is -4.21. The third-order valence-corrected chi connectivity index (χ3v) is 3.48. The van der Waals surface area contributed by atoms with Crippen molar-refractivity contribution >= 4 is 5.97 Å². The second-order valence-corrected chi connectivity index (χ2v) is 5.19. The van der Waals surface area contributed by atoms with E-state index in [1.54, 1.807) is 31.2 Å². The number of carboxylic acids is 1. The minimum absolute atomic E-state index is 0.0270. The fraction of sp³-hybridized carbons (Fsp3) is 0.278. The number of halogens is 3. The quantitative estimate of drug-likeness (QED) is 0.797.